The zero-order valence-corrected chi connectivity index (χ0v) is 9.68. The van der Waals surface area contributed by atoms with Gasteiger partial charge in [0.05, 0.1) is 18.2 Å². The van der Waals surface area contributed by atoms with Crippen LogP contribution < -0.4 is 10.6 Å². The first-order valence-electron chi connectivity index (χ1n) is 5.85. The van der Waals surface area contributed by atoms with Crippen LogP contribution in [0.2, 0.25) is 0 Å². The first-order valence-corrected chi connectivity index (χ1v) is 5.85. The highest BCUT2D eigenvalue weighted by Gasteiger charge is 2.39. The lowest BCUT2D eigenvalue weighted by atomic mass is 9.92. The number of aliphatic hydroxyl groups excluding tert-OH is 1. The van der Waals surface area contributed by atoms with Crippen molar-refractivity contribution in [3.8, 4) is 0 Å². The summed E-state index contributed by atoms with van der Waals surface area (Å²) in [7, 11) is 0. The molecule has 4 heteroatoms. The molecule has 0 spiro atoms. The van der Waals surface area contributed by atoms with Crippen LogP contribution in [0.3, 0.4) is 0 Å². The smallest absolute Gasteiger partial charge is 0.240 e. The predicted molar refractivity (Wildman–Crippen MR) is 59.6 cm³/mol. The quantitative estimate of drug-likeness (QED) is 0.621. The SMILES string of the molecule is CCC(CO)NC(=O)C1(CC)CCCN1. The summed E-state index contributed by atoms with van der Waals surface area (Å²) in [6, 6.07) is -0.108. The third-order valence-electron chi connectivity index (χ3n) is 3.33. The second kappa shape index (κ2) is 5.47. The van der Waals surface area contributed by atoms with Crippen molar-refractivity contribution < 1.29 is 9.90 Å². The second-order valence-electron chi connectivity index (χ2n) is 4.23. The molecule has 1 aliphatic rings. The maximum Gasteiger partial charge on any atom is 0.240 e. The van der Waals surface area contributed by atoms with E-state index in [2.05, 4.69) is 10.6 Å². The van der Waals surface area contributed by atoms with Gasteiger partial charge >= 0.3 is 0 Å². The average Bonchev–Trinajstić information content (AvgIpc) is 2.75. The van der Waals surface area contributed by atoms with Gasteiger partial charge in [0.1, 0.15) is 0 Å². The molecule has 0 radical (unpaired) electrons. The predicted octanol–water partition coefficient (Wildman–Crippen LogP) is 0.406. The molecule has 4 nitrogen and oxygen atoms in total. The molecule has 1 rings (SSSR count). The number of amides is 1. The third kappa shape index (κ3) is 2.69. The van der Waals surface area contributed by atoms with Crippen LogP contribution in [-0.2, 0) is 4.79 Å². The van der Waals surface area contributed by atoms with Gasteiger partial charge < -0.3 is 15.7 Å². The molecular formula is C11H22N2O2. The Bertz CT molecular complexity index is 209. The van der Waals surface area contributed by atoms with Crippen molar-refractivity contribution in [3.63, 3.8) is 0 Å². The molecule has 1 amide bonds. The van der Waals surface area contributed by atoms with E-state index in [4.69, 9.17) is 5.11 Å². The van der Waals surface area contributed by atoms with E-state index in [1.54, 1.807) is 0 Å². The molecule has 0 aromatic rings. The van der Waals surface area contributed by atoms with E-state index < -0.39 is 0 Å². The van der Waals surface area contributed by atoms with Gasteiger partial charge in [-0.2, -0.15) is 0 Å². The van der Waals surface area contributed by atoms with E-state index in [0.717, 1.165) is 32.2 Å². The van der Waals surface area contributed by atoms with Gasteiger partial charge in [0.25, 0.3) is 0 Å². The molecule has 15 heavy (non-hydrogen) atoms. The number of aliphatic hydroxyl groups is 1. The fourth-order valence-electron chi connectivity index (χ4n) is 2.06. The lowest BCUT2D eigenvalue weighted by molar-refractivity contribution is -0.128. The van der Waals surface area contributed by atoms with Crippen LogP contribution in [0.1, 0.15) is 39.5 Å². The van der Waals surface area contributed by atoms with Gasteiger partial charge in [-0.05, 0) is 32.2 Å². The van der Waals surface area contributed by atoms with E-state index in [0.29, 0.717) is 0 Å². The highest BCUT2D eigenvalue weighted by molar-refractivity contribution is 5.86. The topological polar surface area (TPSA) is 61.4 Å². The van der Waals surface area contributed by atoms with Gasteiger partial charge in [-0.15, -0.1) is 0 Å². The summed E-state index contributed by atoms with van der Waals surface area (Å²) in [5.41, 5.74) is -0.386. The molecule has 3 N–H and O–H groups in total. The molecule has 1 saturated heterocycles. The second-order valence-corrected chi connectivity index (χ2v) is 4.23. The fraction of sp³-hybridized carbons (Fsp3) is 0.909. The minimum Gasteiger partial charge on any atom is -0.394 e. The van der Waals surface area contributed by atoms with Gasteiger partial charge in [-0.3, -0.25) is 4.79 Å². The van der Waals surface area contributed by atoms with Crippen LogP contribution in [0.4, 0.5) is 0 Å². The van der Waals surface area contributed by atoms with Gasteiger partial charge in [0, 0.05) is 0 Å². The Morgan fingerprint density at radius 3 is 2.73 bits per heavy atom. The van der Waals surface area contributed by atoms with E-state index >= 15 is 0 Å². The number of nitrogens with one attached hydrogen (secondary N) is 2. The summed E-state index contributed by atoms with van der Waals surface area (Å²) < 4.78 is 0. The largest absolute Gasteiger partial charge is 0.394 e. The molecule has 1 fully saturated rings. The molecular weight excluding hydrogens is 192 g/mol. The molecule has 0 bridgehead atoms. The molecule has 2 atom stereocenters. The number of rotatable bonds is 5. The van der Waals surface area contributed by atoms with Gasteiger partial charge in [-0.1, -0.05) is 13.8 Å². The van der Waals surface area contributed by atoms with Gasteiger partial charge in [-0.25, -0.2) is 0 Å². The van der Waals surface area contributed by atoms with Gasteiger partial charge in [0.2, 0.25) is 5.91 Å². The lowest BCUT2D eigenvalue weighted by Crippen LogP contribution is -2.55. The summed E-state index contributed by atoms with van der Waals surface area (Å²) in [6.07, 6.45) is 3.52. The zero-order chi connectivity index (χ0) is 11.3. The first kappa shape index (κ1) is 12.5. The standard InChI is InChI=1S/C11H22N2O2/c1-3-9(8-14)13-10(15)11(4-2)6-5-7-12-11/h9,12,14H,3-8H2,1-2H3,(H,13,15). The van der Waals surface area contributed by atoms with E-state index in [9.17, 15) is 4.79 Å². The van der Waals surface area contributed by atoms with Crippen molar-refractivity contribution in [1.29, 1.82) is 0 Å². The molecule has 0 aromatic carbocycles. The van der Waals surface area contributed by atoms with Gasteiger partial charge in [0.15, 0.2) is 0 Å². The molecule has 0 saturated carbocycles. The molecule has 0 aromatic heterocycles. The monoisotopic (exact) mass is 214 g/mol. The maximum absolute atomic E-state index is 12.0. The van der Waals surface area contributed by atoms with Crippen LogP contribution in [0.25, 0.3) is 0 Å². The molecule has 1 aliphatic heterocycles. The Morgan fingerprint density at radius 2 is 2.33 bits per heavy atom. The van der Waals surface area contributed by atoms with Crippen LogP contribution in [0.15, 0.2) is 0 Å². The summed E-state index contributed by atoms with van der Waals surface area (Å²) in [4.78, 5) is 12.0. The number of carbonyl (C=O) groups excluding carboxylic acids is 1. The molecule has 88 valence electrons. The third-order valence-corrected chi connectivity index (χ3v) is 3.33. The minimum atomic E-state index is -0.386. The normalized spacial score (nSPS) is 27.7. The van der Waals surface area contributed by atoms with Crippen LogP contribution in [0.5, 0.6) is 0 Å². The molecule has 0 aliphatic carbocycles. The average molecular weight is 214 g/mol. The minimum absolute atomic E-state index is 0.0159. The van der Waals surface area contributed by atoms with E-state index in [1.807, 2.05) is 13.8 Å². The Hall–Kier alpha value is -0.610. The molecule has 1 heterocycles. The Morgan fingerprint density at radius 1 is 1.60 bits per heavy atom. The molecule has 2 unspecified atom stereocenters. The fourth-order valence-corrected chi connectivity index (χ4v) is 2.06. The van der Waals surface area contributed by atoms with E-state index in [-0.39, 0.29) is 24.1 Å². The van der Waals surface area contributed by atoms with Crippen molar-refractivity contribution >= 4 is 5.91 Å². The van der Waals surface area contributed by atoms with Crippen LogP contribution in [0, 0.1) is 0 Å². The van der Waals surface area contributed by atoms with Crippen molar-refractivity contribution in [1.82, 2.24) is 10.6 Å². The van der Waals surface area contributed by atoms with Crippen LogP contribution in [-0.4, -0.2) is 35.7 Å². The van der Waals surface area contributed by atoms with Crippen LogP contribution >= 0.6 is 0 Å². The lowest BCUT2D eigenvalue weighted by Gasteiger charge is -2.28. The number of hydrogen-bond acceptors (Lipinski definition) is 3. The summed E-state index contributed by atoms with van der Waals surface area (Å²) in [6.45, 7) is 4.92. The Labute approximate surface area is 91.4 Å². The van der Waals surface area contributed by atoms with E-state index in [1.165, 1.54) is 0 Å². The summed E-state index contributed by atoms with van der Waals surface area (Å²) in [5, 5.41) is 15.2. The highest BCUT2D eigenvalue weighted by atomic mass is 16.3. The maximum atomic E-state index is 12.0. The number of hydrogen-bond donors (Lipinski definition) is 3. The highest BCUT2D eigenvalue weighted by Crippen LogP contribution is 2.23. The summed E-state index contributed by atoms with van der Waals surface area (Å²) in [5.74, 6) is 0.0448. The summed E-state index contributed by atoms with van der Waals surface area (Å²) >= 11 is 0. The van der Waals surface area contributed by atoms with Crippen molar-refractivity contribution in [2.75, 3.05) is 13.2 Å². The Kier molecular flexibility index (Phi) is 4.54. The van der Waals surface area contributed by atoms with Crippen molar-refractivity contribution in [2.24, 2.45) is 0 Å². The van der Waals surface area contributed by atoms with Crippen molar-refractivity contribution in [2.45, 2.75) is 51.1 Å². The Balaban J connectivity index is 2.57. The zero-order valence-electron chi connectivity index (χ0n) is 9.68. The van der Waals surface area contributed by atoms with Crippen molar-refractivity contribution in [3.05, 3.63) is 0 Å². The first-order chi connectivity index (χ1) is 7.18. The number of carbonyl (C=O) groups is 1.